The Bertz CT molecular complexity index is 555. The number of carbonyl (C=O) groups is 1. The van der Waals surface area contributed by atoms with Crippen LogP contribution in [0.4, 0.5) is 0 Å². The normalized spacial score (nSPS) is 34.0. The predicted octanol–water partition coefficient (Wildman–Crippen LogP) is 1.83. The summed E-state index contributed by atoms with van der Waals surface area (Å²) in [7, 11) is 1.36. The summed E-state index contributed by atoms with van der Waals surface area (Å²) in [6.45, 7) is 0.353. The van der Waals surface area contributed by atoms with Crippen molar-refractivity contribution >= 4 is 5.97 Å². The second-order valence-corrected chi connectivity index (χ2v) is 5.71. The molecule has 1 fully saturated rings. The van der Waals surface area contributed by atoms with E-state index in [9.17, 15) is 9.90 Å². The Kier molecular flexibility index (Phi) is 4.29. The molecule has 0 aromatic heterocycles. The Labute approximate surface area is 129 Å². The van der Waals surface area contributed by atoms with Crippen molar-refractivity contribution in [3.8, 4) is 0 Å². The van der Waals surface area contributed by atoms with Crippen LogP contribution in [0.1, 0.15) is 18.3 Å². The first kappa shape index (κ1) is 15.2. The molecule has 0 amide bonds. The van der Waals surface area contributed by atoms with Crippen LogP contribution in [0.3, 0.4) is 0 Å². The van der Waals surface area contributed by atoms with Gasteiger partial charge in [-0.1, -0.05) is 42.5 Å². The van der Waals surface area contributed by atoms with Crippen LogP contribution in [0.5, 0.6) is 0 Å². The van der Waals surface area contributed by atoms with Crippen LogP contribution in [0, 0.1) is 11.8 Å². The van der Waals surface area contributed by atoms with E-state index in [-0.39, 0.29) is 18.4 Å². The topological polar surface area (TPSA) is 65.0 Å². The quantitative estimate of drug-likeness (QED) is 0.682. The van der Waals surface area contributed by atoms with E-state index in [1.165, 1.54) is 7.11 Å². The monoisotopic (exact) mass is 304 g/mol. The van der Waals surface area contributed by atoms with Crippen molar-refractivity contribution in [1.82, 2.24) is 0 Å². The summed E-state index contributed by atoms with van der Waals surface area (Å²) in [4.78, 5) is 12.4. The van der Waals surface area contributed by atoms with Crippen LogP contribution in [0.2, 0.25) is 0 Å². The van der Waals surface area contributed by atoms with Gasteiger partial charge in [0.05, 0.1) is 13.7 Å². The molecule has 0 bridgehead atoms. The molecule has 1 saturated heterocycles. The largest absolute Gasteiger partial charge is 0.467 e. The van der Waals surface area contributed by atoms with E-state index in [2.05, 4.69) is 0 Å². The van der Waals surface area contributed by atoms with E-state index >= 15 is 0 Å². The molecule has 0 saturated carbocycles. The smallest absolute Gasteiger partial charge is 0.339 e. The summed E-state index contributed by atoms with van der Waals surface area (Å²) in [6, 6.07) is 9.51. The molecule has 1 aliphatic heterocycles. The number of rotatable bonds is 3. The minimum Gasteiger partial charge on any atom is -0.467 e. The molecule has 2 aliphatic rings. The highest BCUT2D eigenvalue weighted by molar-refractivity contribution is 5.81. The summed E-state index contributed by atoms with van der Waals surface area (Å²) >= 11 is 0. The van der Waals surface area contributed by atoms with Gasteiger partial charge >= 0.3 is 5.97 Å². The van der Waals surface area contributed by atoms with Crippen LogP contribution in [-0.4, -0.2) is 37.0 Å². The average molecular weight is 304 g/mol. The number of benzene rings is 1. The number of aliphatic hydroxyl groups excluding tert-OH is 1. The van der Waals surface area contributed by atoms with Crippen LogP contribution in [0.25, 0.3) is 0 Å². The first-order valence-electron chi connectivity index (χ1n) is 7.41. The lowest BCUT2D eigenvalue weighted by Gasteiger charge is -2.46. The van der Waals surface area contributed by atoms with E-state index in [1.807, 2.05) is 42.5 Å². The fraction of sp³-hybridized carbons (Fsp3) is 0.471. The third-order valence-corrected chi connectivity index (χ3v) is 4.36. The van der Waals surface area contributed by atoms with Crippen LogP contribution >= 0.6 is 0 Å². The molecule has 4 atom stereocenters. The maximum absolute atomic E-state index is 12.4. The highest BCUT2D eigenvalue weighted by Gasteiger charge is 2.54. The van der Waals surface area contributed by atoms with E-state index in [0.29, 0.717) is 13.0 Å². The molecule has 0 radical (unpaired) electrons. The van der Waals surface area contributed by atoms with Crippen molar-refractivity contribution in [3.63, 3.8) is 0 Å². The molecule has 1 N–H and O–H groups in total. The molecule has 0 spiro atoms. The summed E-state index contributed by atoms with van der Waals surface area (Å²) < 4.78 is 16.9. The Hall–Kier alpha value is -1.69. The number of methoxy groups -OCH3 is 1. The van der Waals surface area contributed by atoms with E-state index in [1.54, 1.807) is 0 Å². The maximum atomic E-state index is 12.4. The lowest BCUT2D eigenvalue weighted by molar-refractivity contribution is -0.284. The second-order valence-electron chi connectivity index (χ2n) is 5.71. The first-order valence-corrected chi connectivity index (χ1v) is 7.41. The highest BCUT2D eigenvalue weighted by atomic mass is 16.7. The van der Waals surface area contributed by atoms with Gasteiger partial charge in [0.15, 0.2) is 11.9 Å². The number of fused-ring (bicyclic) bond motifs is 1. The lowest BCUT2D eigenvalue weighted by Crippen LogP contribution is -2.56. The SMILES string of the molecule is COC(=O)[C@]12C[C@@H](CO)C=C[C@H]1CO[C@@H](c1ccccc1)O2. The van der Waals surface area contributed by atoms with Crippen molar-refractivity contribution in [2.75, 3.05) is 20.3 Å². The van der Waals surface area contributed by atoms with Gasteiger partial charge in [-0.25, -0.2) is 4.79 Å². The van der Waals surface area contributed by atoms with Crippen molar-refractivity contribution in [1.29, 1.82) is 0 Å². The third kappa shape index (κ3) is 2.56. The number of esters is 1. The Morgan fingerprint density at radius 3 is 2.82 bits per heavy atom. The predicted molar refractivity (Wildman–Crippen MR) is 78.8 cm³/mol. The Morgan fingerprint density at radius 1 is 1.36 bits per heavy atom. The van der Waals surface area contributed by atoms with Crippen LogP contribution in [-0.2, 0) is 19.0 Å². The summed E-state index contributed by atoms with van der Waals surface area (Å²) in [6.07, 6.45) is 3.59. The van der Waals surface area contributed by atoms with E-state index < -0.39 is 17.9 Å². The molecule has 0 unspecified atom stereocenters. The zero-order valence-corrected chi connectivity index (χ0v) is 12.5. The van der Waals surface area contributed by atoms with Gasteiger partial charge in [-0.2, -0.15) is 0 Å². The minimum absolute atomic E-state index is 0.0256. The maximum Gasteiger partial charge on any atom is 0.339 e. The van der Waals surface area contributed by atoms with Gasteiger partial charge in [0.1, 0.15) is 0 Å². The van der Waals surface area contributed by atoms with E-state index in [0.717, 1.165) is 5.56 Å². The minimum atomic E-state index is -1.10. The Balaban J connectivity index is 1.92. The Morgan fingerprint density at radius 2 is 2.14 bits per heavy atom. The second kappa shape index (κ2) is 6.20. The van der Waals surface area contributed by atoms with Crippen molar-refractivity contribution in [2.45, 2.75) is 18.3 Å². The molecule has 1 aromatic carbocycles. The molecule has 5 nitrogen and oxygen atoms in total. The first-order chi connectivity index (χ1) is 10.7. The molecule has 3 rings (SSSR count). The number of hydrogen-bond donors (Lipinski definition) is 1. The molecule has 5 heteroatoms. The molecular weight excluding hydrogens is 284 g/mol. The molecule has 1 aliphatic carbocycles. The fourth-order valence-corrected chi connectivity index (χ4v) is 3.15. The van der Waals surface area contributed by atoms with Gasteiger partial charge in [0, 0.05) is 24.0 Å². The van der Waals surface area contributed by atoms with Crippen molar-refractivity contribution in [3.05, 3.63) is 48.0 Å². The van der Waals surface area contributed by atoms with Crippen molar-refractivity contribution in [2.24, 2.45) is 11.8 Å². The number of hydrogen-bond acceptors (Lipinski definition) is 5. The van der Waals surface area contributed by atoms with E-state index in [4.69, 9.17) is 14.2 Å². The number of carbonyl (C=O) groups excluding carboxylic acids is 1. The van der Waals surface area contributed by atoms with Gasteiger partial charge in [-0.05, 0) is 6.42 Å². The van der Waals surface area contributed by atoms with Crippen molar-refractivity contribution < 1.29 is 24.1 Å². The third-order valence-electron chi connectivity index (χ3n) is 4.36. The zero-order chi connectivity index (χ0) is 15.6. The molecular formula is C17H20O5. The van der Waals surface area contributed by atoms with Gasteiger partial charge in [0.25, 0.3) is 0 Å². The molecule has 22 heavy (non-hydrogen) atoms. The standard InChI is InChI=1S/C17H20O5/c1-20-16(19)17-9-12(10-18)7-8-14(17)11-21-15(22-17)13-5-3-2-4-6-13/h2-8,12,14-15,18H,9-11H2,1H3/t12-,14-,15+,17-/m0/s1. The average Bonchev–Trinajstić information content (AvgIpc) is 2.60. The summed E-state index contributed by atoms with van der Waals surface area (Å²) in [5.74, 6) is -0.739. The van der Waals surface area contributed by atoms with Gasteiger partial charge in [-0.15, -0.1) is 0 Å². The van der Waals surface area contributed by atoms with Crippen LogP contribution in [0.15, 0.2) is 42.5 Å². The van der Waals surface area contributed by atoms with Gasteiger partial charge in [-0.3, -0.25) is 0 Å². The summed E-state index contributed by atoms with van der Waals surface area (Å²) in [5.41, 5.74) is -0.241. The van der Waals surface area contributed by atoms with Gasteiger partial charge in [0.2, 0.25) is 0 Å². The fourth-order valence-electron chi connectivity index (χ4n) is 3.15. The number of ether oxygens (including phenoxy) is 3. The lowest BCUT2D eigenvalue weighted by atomic mass is 9.74. The van der Waals surface area contributed by atoms with Gasteiger partial charge < -0.3 is 19.3 Å². The number of aliphatic hydroxyl groups is 1. The zero-order valence-electron chi connectivity index (χ0n) is 12.5. The molecule has 1 aromatic rings. The molecule has 118 valence electrons. The highest BCUT2D eigenvalue weighted by Crippen LogP contribution is 2.44. The van der Waals surface area contributed by atoms with Crippen LogP contribution < -0.4 is 0 Å². The summed E-state index contributed by atoms with van der Waals surface area (Å²) in [5, 5.41) is 9.44. The molecule has 1 heterocycles.